The Morgan fingerprint density at radius 1 is 1.20 bits per heavy atom. The van der Waals surface area contributed by atoms with E-state index in [9.17, 15) is 4.79 Å². The number of fused-ring (bicyclic) bond motifs is 1. The Balaban J connectivity index is 1.76. The molecule has 3 aromatic rings. The van der Waals surface area contributed by atoms with Gasteiger partial charge >= 0.3 is 0 Å². The Morgan fingerprint density at radius 2 is 1.96 bits per heavy atom. The van der Waals surface area contributed by atoms with E-state index < -0.39 is 0 Å². The second-order valence-electron chi connectivity index (χ2n) is 6.32. The highest BCUT2D eigenvalue weighted by Gasteiger charge is 2.13. The largest absolute Gasteiger partial charge is 0.326 e. The molecule has 0 fully saturated rings. The molecule has 25 heavy (non-hydrogen) atoms. The van der Waals surface area contributed by atoms with Crippen LogP contribution < -0.4 is 5.32 Å². The van der Waals surface area contributed by atoms with E-state index in [2.05, 4.69) is 15.4 Å². The predicted molar refractivity (Wildman–Crippen MR) is 100 cm³/mol. The molecule has 0 unspecified atom stereocenters. The van der Waals surface area contributed by atoms with Gasteiger partial charge in [-0.3, -0.25) is 4.79 Å². The van der Waals surface area contributed by atoms with Crippen LogP contribution in [0.25, 0.3) is 5.65 Å². The number of benzene rings is 1. The molecule has 5 nitrogen and oxygen atoms in total. The van der Waals surface area contributed by atoms with Crippen molar-refractivity contribution in [3.8, 4) is 0 Å². The quantitative estimate of drug-likeness (QED) is 0.762. The van der Waals surface area contributed by atoms with Crippen molar-refractivity contribution in [1.29, 1.82) is 0 Å². The maximum Gasteiger partial charge on any atom is 0.224 e. The summed E-state index contributed by atoms with van der Waals surface area (Å²) in [5.41, 5.74) is 6.55. The fraction of sp³-hybridized carbons (Fsp3) is 0.316. The Kier molecular flexibility index (Phi) is 4.77. The zero-order chi connectivity index (χ0) is 18.1. The molecule has 0 saturated heterocycles. The number of carbonyl (C=O) groups excluding carboxylic acids is 1. The summed E-state index contributed by atoms with van der Waals surface area (Å²) in [6.07, 6.45) is 0.992. The molecule has 2 aromatic heterocycles. The van der Waals surface area contributed by atoms with E-state index in [1.165, 1.54) is 0 Å². The number of carbonyl (C=O) groups is 1. The fourth-order valence-corrected chi connectivity index (χ4v) is 3.16. The van der Waals surface area contributed by atoms with Gasteiger partial charge in [0.25, 0.3) is 0 Å². The lowest BCUT2D eigenvalue weighted by atomic mass is 10.1. The third kappa shape index (κ3) is 3.66. The standard InChI is InChI=1S/C19H21ClN4O/c1-11-5-6-15(20)10-17(11)22-19(25)8-7-16-13(3)21-18-9-12(2)23-24(18)14(16)4/h5-6,9-10H,7-8H2,1-4H3,(H,22,25). The monoisotopic (exact) mass is 356 g/mol. The summed E-state index contributed by atoms with van der Waals surface area (Å²) in [5.74, 6) is -0.0408. The molecule has 2 heterocycles. The van der Waals surface area contributed by atoms with E-state index in [0.717, 1.165) is 39.5 Å². The number of nitrogens with zero attached hydrogens (tertiary/aromatic N) is 3. The van der Waals surface area contributed by atoms with Crippen LogP contribution in [0.15, 0.2) is 24.3 Å². The van der Waals surface area contributed by atoms with Gasteiger partial charge in [-0.15, -0.1) is 0 Å². The SMILES string of the molecule is Cc1cc2nc(C)c(CCC(=O)Nc3cc(Cl)ccc3C)c(C)n2n1. The highest BCUT2D eigenvalue weighted by molar-refractivity contribution is 6.31. The lowest BCUT2D eigenvalue weighted by Crippen LogP contribution is -2.15. The fourth-order valence-electron chi connectivity index (χ4n) is 2.98. The average molecular weight is 357 g/mol. The molecule has 0 aliphatic heterocycles. The number of aryl methyl sites for hydroxylation is 4. The van der Waals surface area contributed by atoms with Gasteiger partial charge in [0.1, 0.15) is 0 Å². The molecule has 3 rings (SSSR count). The topological polar surface area (TPSA) is 59.3 Å². The summed E-state index contributed by atoms with van der Waals surface area (Å²) in [5, 5.41) is 8.01. The summed E-state index contributed by atoms with van der Waals surface area (Å²) in [6.45, 7) is 7.88. The molecule has 130 valence electrons. The minimum absolute atomic E-state index is 0.0408. The number of hydrogen-bond acceptors (Lipinski definition) is 3. The Hall–Kier alpha value is -2.40. The maximum atomic E-state index is 12.3. The summed E-state index contributed by atoms with van der Waals surface area (Å²) < 4.78 is 1.84. The van der Waals surface area contributed by atoms with Gasteiger partial charge in [0.05, 0.1) is 5.69 Å². The molecule has 1 N–H and O–H groups in total. The van der Waals surface area contributed by atoms with Crippen LogP contribution in [0.3, 0.4) is 0 Å². The van der Waals surface area contributed by atoms with Crippen molar-refractivity contribution in [3.05, 3.63) is 57.5 Å². The Labute approximate surface area is 152 Å². The van der Waals surface area contributed by atoms with Crippen molar-refractivity contribution in [2.45, 2.75) is 40.5 Å². The molecule has 0 saturated carbocycles. The van der Waals surface area contributed by atoms with E-state index in [4.69, 9.17) is 11.6 Å². The number of nitrogens with one attached hydrogen (secondary N) is 1. The van der Waals surface area contributed by atoms with E-state index in [-0.39, 0.29) is 5.91 Å². The number of rotatable bonds is 4. The van der Waals surface area contributed by atoms with Gasteiger partial charge < -0.3 is 5.32 Å². The predicted octanol–water partition coefficient (Wildman–Crippen LogP) is 4.19. The first-order valence-electron chi connectivity index (χ1n) is 8.23. The van der Waals surface area contributed by atoms with Crippen LogP contribution in [0.5, 0.6) is 0 Å². The summed E-state index contributed by atoms with van der Waals surface area (Å²) in [7, 11) is 0. The Morgan fingerprint density at radius 3 is 2.72 bits per heavy atom. The molecule has 0 bridgehead atoms. The molecular weight excluding hydrogens is 336 g/mol. The molecule has 0 aliphatic rings. The normalized spacial score (nSPS) is 11.1. The van der Waals surface area contributed by atoms with Crippen LogP contribution in [-0.2, 0) is 11.2 Å². The second-order valence-corrected chi connectivity index (χ2v) is 6.76. The molecule has 0 aliphatic carbocycles. The lowest BCUT2D eigenvalue weighted by molar-refractivity contribution is -0.116. The van der Waals surface area contributed by atoms with Crippen LogP contribution in [0.4, 0.5) is 5.69 Å². The first kappa shape index (κ1) is 17.4. The van der Waals surface area contributed by atoms with Crippen LogP contribution in [0, 0.1) is 27.7 Å². The number of amides is 1. The van der Waals surface area contributed by atoms with E-state index in [0.29, 0.717) is 17.9 Å². The summed E-state index contributed by atoms with van der Waals surface area (Å²) in [6, 6.07) is 7.43. The lowest BCUT2D eigenvalue weighted by Gasteiger charge is -2.12. The number of aromatic nitrogens is 3. The van der Waals surface area contributed by atoms with Crippen molar-refractivity contribution in [3.63, 3.8) is 0 Å². The minimum atomic E-state index is -0.0408. The highest BCUT2D eigenvalue weighted by Crippen LogP contribution is 2.21. The smallest absolute Gasteiger partial charge is 0.224 e. The summed E-state index contributed by atoms with van der Waals surface area (Å²) >= 11 is 6.00. The Bertz CT molecular complexity index is 962. The second kappa shape index (κ2) is 6.84. The maximum absolute atomic E-state index is 12.3. The molecule has 0 radical (unpaired) electrons. The van der Waals surface area contributed by atoms with Gasteiger partial charge in [-0.05, 0) is 57.4 Å². The molecule has 6 heteroatoms. The first-order chi connectivity index (χ1) is 11.8. The van der Waals surface area contributed by atoms with Gasteiger partial charge in [-0.2, -0.15) is 5.10 Å². The molecule has 0 spiro atoms. The average Bonchev–Trinajstić information content (AvgIpc) is 2.91. The zero-order valence-corrected chi connectivity index (χ0v) is 15.6. The van der Waals surface area contributed by atoms with Crippen molar-refractivity contribution in [1.82, 2.24) is 14.6 Å². The van der Waals surface area contributed by atoms with Crippen molar-refractivity contribution in [2.24, 2.45) is 0 Å². The summed E-state index contributed by atoms with van der Waals surface area (Å²) in [4.78, 5) is 16.9. The van der Waals surface area contributed by atoms with Gasteiger partial charge in [-0.25, -0.2) is 9.50 Å². The van der Waals surface area contributed by atoms with Crippen LogP contribution in [0.1, 0.15) is 34.6 Å². The van der Waals surface area contributed by atoms with E-state index in [1.807, 2.05) is 50.4 Å². The van der Waals surface area contributed by atoms with E-state index >= 15 is 0 Å². The first-order valence-corrected chi connectivity index (χ1v) is 8.61. The van der Waals surface area contributed by atoms with Crippen molar-refractivity contribution in [2.75, 3.05) is 5.32 Å². The van der Waals surface area contributed by atoms with Crippen LogP contribution in [0.2, 0.25) is 5.02 Å². The van der Waals surface area contributed by atoms with Gasteiger partial charge in [0, 0.05) is 34.6 Å². The van der Waals surface area contributed by atoms with Crippen molar-refractivity contribution < 1.29 is 4.79 Å². The van der Waals surface area contributed by atoms with Gasteiger partial charge in [0.15, 0.2) is 5.65 Å². The van der Waals surface area contributed by atoms with Gasteiger partial charge in [-0.1, -0.05) is 17.7 Å². The van der Waals surface area contributed by atoms with Crippen LogP contribution >= 0.6 is 11.6 Å². The number of anilines is 1. The number of halogens is 1. The third-order valence-electron chi connectivity index (χ3n) is 4.36. The molecule has 1 aromatic carbocycles. The molecular formula is C19H21ClN4O. The van der Waals surface area contributed by atoms with Crippen LogP contribution in [-0.4, -0.2) is 20.5 Å². The third-order valence-corrected chi connectivity index (χ3v) is 4.60. The number of hydrogen-bond donors (Lipinski definition) is 1. The van der Waals surface area contributed by atoms with E-state index in [1.54, 1.807) is 6.07 Å². The molecule has 1 amide bonds. The molecule has 0 atom stereocenters. The highest BCUT2D eigenvalue weighted by atomic mass is 35.5. The van der Waals surface area contributed by atoms with Crippen molar-refractivity contribution >= 4 is 28.8 Å². The zero-order valence-electron chi connectivity index (χ0n) is 14.9. The van der Waals surface area contributed by atoms with Gasteiger partial charge in [0.2, 0.25) is 5.91 Å². The minimum Gasteiger partial charge on any atom is -0.326 e.